The molecule has 25 heavy (non-hydrogen) atoms. The number of anilines is 1. The van der Waals surface area contributed by atoms with E-state index in [-0.39, 0.29) is 24.5 Å². The van der Waals surface area contributed by atoms with Gasteiger partial charge in [0.1, 0.15) is 0 Å². The smallest absolute Gasteiger partial charge is 0.303 e. The van der Waals surface area contributed by atoms with Gasteiger partial charge in [0.25, 0.3) is 5.91 Å². The van der Waals surface area contributed by atoms with Gasteiger partial charge in [-0.05, 0) is 29.8 Å². The first-order valence-electron chi connectivity index (χ1n) is 7.58. The lowest BCUT2D eigenvalue weighted by Crippen LogP contribution is -2.32. The first-order valence-corrected chi connectivity index (χ1v) is 7.58. The van der Waals surface area contributed by atoms with Crippen molar-refractivity contribution in [1.82, 2.24) is 0 Å². The maximum Gasteiger partial charge on any atom is 0.303 e. The number of carboxylic acid groups (broad SMARTS) is 1. The topological polar surface area (TPSA) is 99.4 Å². The third-order valence-electron chi connectivity index (χ3n) is 3.36. The number of carboxylic acids is 1. The number of aliphatic carboxylic acids is 1. The Morgan fingerprint density at radius 2 is 1.68 bits per heavy atom. The first kappa shape index (κ1) is 18.0. The van der Waals surface area contributed by atoms with Crippen molar-refractivity contribution in [1.29, 1.82) is 0 Å². The van der Waals surface area contributed by atoms with Gasteiger partial charge in [-0.1, -0.05) is 35.5 Å². The highest BCUT2D eigenvalue weighted by Crippen LogP contribution is 2.20. The van der Waals surface area contributed by atoms with E-state index in [1.165, 1.54) is 6.92 Å². The number of nitrogens with zero attached hydrogens (tertiary/aromatic N) is 2. The maximum absolute atomic E-state index is 11.9. The van der Waals surface area contributed by atoms with Crippen molar-refractivity contribution in [2.45, 2.75) is 19.8 Å². The third-order valence-corrected chi connectivity index (χ3v) is 3.36. The van der Waals surface area contributed by atoms with Crippen LogP contribution in [0.1, 0.15) is 25.3 Å². The summed E-state index contributed by atoms with van der Waals surface area (Å²) in [5.74, 6) is -0.767. The van der Waals surface area contributed by atoms with Crippen LogP contribution in [-0.4, -0.2) is 27.9 Å². The molecule has 0 aliphatic rings. The average molecular weight is 342 g/mol. The Balaban J connectivity index is 2.18. The second-order valence-corrected chi connectivity index (χ2v) is 5.21. The molecule has 0 saturated carbocycles. The standard InChI is InChI=1S/C18H18N2O5/c1-13(21)20(25-16-5-3-2-4-6-16)15-9-7-14(8-10-15)17(19-24)11-12-18(22)23/h2-10,24H,11-12H2,1H3,(H,22,23). The van der Waals surface area contributed by atoms with Crippen LogP contribution in [0, 0.1) is 0 Å². The molecule has 0 spiro atoms. The Morgan fingerprint density at radius 1 is 1.04 bits per heavy atom. The molecule has 0 aliphatic carbocycles. The molecular weight excluding hydrogens is 324 g/mol. The molecule has 130 valence electrons. The average Bonchev–Trinajstić information content (AvgIpc) is 2.61. The molecule has 0 aromatic heterocycles. The van der Waals surface area contributed by atoms with Crippen LogP contribution in [-0.2, 0) is 9.59 Å². The summed E-state index contributed by atoms with van der Waals surface area (Å²) >= 11 is 0. The second kappa shape index (κ2) is 8.49. The number of hydroxylamine groups is 1. The third kappa shape index (κ3) is 5.07. The van der Waals surface area contributed by atoms with Crippen molar-refractivity contribution >= 4 is 23.3 Å². The minimum Gasteiger partial charge on any atom is -0.481 e. The zero-order valence-electron chi connectivity index (χ0n) is 13.6. The first-order chi connectivity index (χ1) is 12.0. The highest BCUT2D eigenvalue weighted by atomic mass is 16.7. The Bertz CT molecular complexity index is 757. The maximum atomic E-state index is 11.9. The van der Waals surface area contributed by atoms with Crippen LogP contribution in [0.25, 0.3) is 0 Å². The molecule has 0 aliphatic heterocycles. The fraction of sp³-hybridized carbons (Fsp3) is 0.167. The van der Waals surface area contributed by atoms with Gasteiger partial charge >= 0.3 is 5.97 Å². The van der Waals surface area contributed by atoms with E-state index in [2.05, 4.69) is 5.16 Å². The van der Waals surface area contributed by atoms with Crippen molar-refractivity contribution in [3.63, 3.8) is 0 Å². The van der Waals surface area contributed by atoms with Crippen LogP contribution in [0.3, 0.4) is 0 Å². The minimum absolute atomic E-state index is 0.0993. The predicted octanol–water partition coefficient (Wildman–Crippen LogP) is 3.08. The van der Waals surface area contributed by atoms with Gasteiger partial charge in [0.05, 0.1) is 17.8 Å². The number of oxime groups is 1. The summed E-state index contributed by atoms with van der Waals surface area (Å²) in [6.45, 7) is 1.38. The zero-order valence-corrected chi connectivity index (χ0v) is 13.6. The molecular formula is C18H18N2O5. The van der Waals surface area contributed by atoms with Crippen LogP contribution in [0.4, 0.5) is 5.69 Å². The number of benzene rings is 2. The van der Waals surface area contributed by atoms with Crippen LogP contribution < -0.4 is 9.90 Å². The largest absolute Gasteiger partial charge is 0.481 e. The van der Waals surface area contributed by atoms with E-state index in [1.54, 1.807) is 48.5 Å². The minimum atomic E-state index is -0.975. The number of rotatable bonds is 7. The number of para-hydroxylation sites is 1. The van der Waals surface area contributed by atoms with Crippen molar-refractivity contribution in [3.8, 4) is 5.75 Å². The monoisotopic (exact) mass is 342 g/mol. The predicted molar refractivity (Wildman–Crippen MR) is 91.9 cm³/mol. The Hall–Kier alpha value is -3.35. The van der Waals surface area contributed by atoms with Crippen molar-refractivity contribution in [2.75, 3.05) is 5.06 Å². The van der Waals surface area contributed by atoms with Crippen LogP contribution in [0.15, 0.2) is 59.8 Å². The lowest BCUT2D eigenvalue weighted by molar-refractivity contribution is -0.136. The quantitative estimate of drug-likeness (QED) is 0.458. The fourth-order valence-electron chi connectivity index (χ4n) is 2.15. The molecule has 7 nitrogen and oxygen atoms in total. The lowest BCUT2D eigenvalue weighted by atomic mass is 10.1. The van der Waals surface area contributed by atoms with Gasteiger partial charge < -0.3 is 15.2 Å². The highest BCUT2D eigenvalue weighted by Gasteiger charge is 2.15. The molecule has 2 aromatic rings. The number of carbonyl (C=O) groups is 2. The molecule has 2 rings (SSSR count). The second-order valence-electron chi connectivity index (χ2n) is 5.21. The Kier molecular flexibility index (Phi) is 6.11. The summed E-state index contributed by atoms with van der Waals surface area (Å²) in [7, 11) is 0. The summed E-state index contributed by atoms with van der Waals surface area (Å²) < 4.78 is 0. The summed E-state index contributed by atoms with van der Waals surface area (Å²) in [4.78, 5) is 28.1. The molecule has 0 heterocycles. The number of hydrogen-bond acceptors (Lipinski definition) is 5. The molecule has 0 fully saturated rings. The SMILES string of the molecule is CC(=O)N(Oc1ccccc1)c1ccc(C(CCC(=O)O)=NO)cc1. The molecule has 2 N–H and O–H groups in total. The van der Waals surface area contributed by atoms with E-state index in [1.807, 2.05) is 6.07 Å². The molecule has 7 heteroatoms. The summed E-state index contributed by atoms with van der Waals surface area (Å²) in [6.07, 6.45) is -0.0417. The van der Waals surface area contributed by atoms with E-state index in [0.717, 1.165) is 5.06 Å². The Labute approximate surface area is 144 Å². The summed E-state index contributed by atoms with van der Waals surface area (Å²) in [6, 6.07) is 15.4. The van der Waals surface area contributed by atoms with Gasteiger partial charge in [-0.15, -0.1) is 5.06 Å². The van der Waals surface area contributed by atoms with E-state index in [0.29, 0.717) is 17.0 Å². The normalized spacial score (nSPS) is 11.0. The van der Waals surface area contributed by atoms with Crippen LogP contribution in [0.5, 0.6) is 5.75 Å². The molecule has 0 atom stereocenters. The Morgan fingerprint density at radius 3 is 2.20 bits per heavy atom. The van der Waals surface area contributed by atoms with Gasteiger partial charge in [-0.25, -0.2) is 0 Å². The van der Waals surface area contributed by atoms with Gasteiger partial charge in [0.15, 0.2) is 5.75 Å². The molecule has 0 unspecified atom stereocenters. The van der Waals surface area contributed by atoms with Gasteiger partial charge in [-0.3, -0.25) is 9.59 Å². The van der Waals surface area contributed by atoms with Crippen molar-refractivity contribution < 1.29 is 24.7 Å². The van der Waals surface area contributed by atoms with Crippen LogP contribution >= 0.6 is 0 Å². The molecule has 1 amide bonds. The van der Waals surface area contributed by atoms with E-state index in [9.17, 15) is 9.59 Å². The molecule has 0 radical (unpaired) electrons. The molecule has 2 aromatic carbocycles. The summed E-state index contributed by atoms with van der Waals surface area (Å²) in [5.41, 5.74) is 1.32. The van der Waals surface area contributed by atoms with E-state index >= 15 is 0 Å². The van der Waals surface area contributed by atoms with Crippen molar-refractivity contribution in [3.05, 3.63) is 60.2 Å². The van der Waals surface area contributed by atoms with Crippen molar-refractivity contribution in [2.24, 2.45) is 5.16 Å². The summed E-state index contributed by atoms with van der Waals surface area (Å²) in [5, 5.41) is 22.1. The lowest BCUT2D eigenvalue weighted by Gasteiger charge is -2.21. The highest BCUT2D eigenvalue weighted by molar-refractivity contribution is 6.01. The molecule has 0 bridgehead atoms. The fourth-order valence-corrected chi connectivity index (χ4v) is 2.15. The van der Waals surface area contributed by atoms with Gasteiger partial charge in [0, 0.05) is 13.3 Å². The van der Waals surface area contributed by atoms with Crippen LogP contribution in [0.2, 0.25) is 0 Å². The number of hydrogen-bond donors (Lipinski definition) is 2. The van der Waals surface area contributed by atoms with E-state index < -0.39 is 5.97 Å². The van der Waals surface area contributed by atoms with E-state index in [4.69, 9.17) is 15.2 Å². The van der Waals surface area contributed by atoms with Gasteiger partial charge in [0.2, 0.25) is 0 Å². The zero-order chi connectivity index (χ0) is 18.2. The van der Waals surface area contributed by atoms with Gasteiger partial charge in [-0.2, -0.15) is 0 Å². The number of carbonyl (C=O) groups excluding carboxylic acids is 1. The molecule has 0 saturated heterocycles. The number of amides is 1.